The van der Waals surface area contributed by atoms with Gasteiger partial charge < -0.3 is 5.32 Å². The Balaban J connectivity index is 2.30. The monoisotopic (exact) mass is 249 g/mol. The maximum Gasteiger partial charge on any atom is 0.0756 e. The standard InChI is InChI=1S/C13H19N3S/c1-4-6-14-13(11-5-7-17-9-11)12-8-10(2)15-16(12)3/h5,7-9,13-14H,4,6H2,1-3H3. The van der Waals surface area contributed by atoms with E-state index in [0.717, 1.165) is 18.7 Å². The molecule has 0 saturated carbocycles. The summed E-state index contributed by atoms with van der Waals surface area (Å²) in [4.78, 5) is 0. The lowest BCUT2D eigenvalue weighted by molar-refractivity contribution is 0.554. The highest BCUT2D eigenvalue weighted by Gasteiger charge is 2.17. The minimum absolute atomic E-state index is 0.257. The van der Waals surface area contributed by atoms with Crippen molar-refractivity contribution in [3.05, 3.63) is 39.8 Å². The molecule has 0 bridgehead atoms. The number of nitrogens with zero attached hydrogens (tertiary/aromatic N) is 2. The first-order valence-electron chi connectivity index (χ1n) is 5.98. The molecule has 1 unspecified atom stereocenters. The fourth-order valence-electron chi connectivity index (χ4n) is 2.02. The van der Waals surface area contributed by atoms with E-state index in [1.54, 1.807) is 11.3 Å². The third kappa shape index (κ3) is 2.76. The smallest absolute Gasteiger partial charge is 0.0756 e. The Labute approximate surface area is 106 Å². The highest BCUT2D eigenvalue weighted by Crippen LogP contribution is 2.24. The van der Waals surface area contributed by atoms with Gasteiger partial charge in [0.2, 0.25) is 0 Å². The predicted octanol–water partition coefficient (Wildman–Crippen LogP) is 2.88. The number of rotatable bonds is 5. The van der Waals surface area contributed by atoms with Crippen LogP contribution in [-0.2, 0) is 7.05 Å². The minimum Gasteiger partial charge on any atom is -0.305 e. The predicted molar refractivity (Wildman–Crippen MR) is 72.4 cm³/mol. The summed E-state index contributed by atoms with van der Waals surface area (Å²) in [5, 5.41) is 12.3. The SMILES string of the molecule is CCCNC(c1ccsc1)c1cc(C)nn1C. The van der Waals surface area contributed by atoms with Gasteiger partial charge in [-0.15, -0.1) is 0 Å². The summed E-state index contributed by atoms with van der Waals surface area (Å²) in [7, 11) is 2.01. The van der Waals surface area contributed by atoms with Crippen LogP contribution >= 0.6 is 11.3 Å². The van der Waals surface area contributed by atoms with Crippen molar-refractivity contribution in [1.82, 2.24) is 15.1 Å². The van der Waals surface area contributed by atoms with Gasteiger partial charge in [0.15, 0.2) is 0 Å². The molecule has 2 aromatic rings. The molecule has 4 heteroatoms. The van der Waals surface area contributed by atoms with Crippen molar-refractivity contribution in [2.75, 3.05) is 6.54 Å². The summed E-state index contributed by atoms with van der Waals surface area (Å²) >= 11 is 1.74. The highest BCUT2D eigenvalue weighted by atomic mass is 32.1. The molecule has 2 aromatic heterocycles. The maximum absolute atomic E-state index is 4.43. The Hall–Kier alpha value is -1.13. The Bertz CT molecular complexity index is 459. The molecule has 0 fully saturated rings. The number of hydrogen-bond acceptors (Lipinski definition) is 3. The first-order chi connectivity index (χ1) is 8.22. The van der Waals surface area contributed by atoms with Gasteiger partial charge in [-0.3, -0.25) is 4.68 Å². The molecule has 1 N–H and O–H groups in total. The van der Waals surface area contributed by atoms with E-state index in [0.29, 0.717) is 0 Å². The summed E-state index contributed by atoms with van der Waals surface area (Å²) in [6, 6.07) is 4.60. The van der Waals surface area contributed by atoms with Crippen LogP contribution in [-0.4, -0.2) is 16.3 Å². The molecular weight excluding hydrogens is 230 g/mol. The molecule has 0 radical (unpaired) electrons. The minimum atomic E-state index is 0.257. The van der Waals surface area contributed by atoms with Gasteiger partial charge in [0, 0.05) is 7.05 Å². The fourth-order valence-corrected chi connectivity index (χ4v) is 2.71. The van der Waals surface area contributed by atoms with Crippen LogP contribution in [0.4, 0.5) is 0 Å². The zero-order valence-corrected chi connectivity index (χ0v) is 11.4. The quantitative estimate of drug-likeness (QED) is 0.883. The molecule has 17 heavy (non-hydrogen) atoms. The van der Waals surface area contributed by atoms with Crippen molar-refractivity contribution in [3.8, 4) is 0 Å². The Kier molecular flexibility index (Phi) is 3.97. The van der Waals surface area contributed by atoms with Gasteiger partial charge in [-0.25, -0.2) is 0 Å². The lowest BCUT2D eigenvalue weighted by Crippen LogP contribution is -2.24. The van der Waals surface area contributed by atoms with E-state index in [9.17, 15) is 0 Å². The summed E-state index contributed by atoms with van der Waals surface area (Å²) in [6.45, 7) is 5.24. The van der Waals surface area contributed by atoms with Gasteiger partial charge in [-0.05, 0) is 48.3 Å². The third-order valence-electron chi connectivity index (χ3n) is 2.81. The van der Waals surface area contributed by atoms with E-state index < -0.39 is 0 Å². The summed E-state index contributed by atoms with van der Waals surface area (Å²) in [6.07, 6.45) is 1.14. The summed E-state index contributed by atoms with van der Waals surface area (Å²) in [5.74, 6) is 0. The van der Waals surface area contributed by atoms with Crippen LogP contribution in [0.1, 0.15) is 36.3 Å². The Morgan fingerprint density at radius 2 is 2.35 bits per heavy atom. The first kappa shape index (κ1) is 12.3. The molecule has 92 valence electrons. The van der Waals surface area contributed by atoms with Crippen LogP contribution in [0.25, 0.3) is 0 Å². The molecule has 0 aliphatic carbocycles. The van der Waals surface area contributed by atoms with Crippen LogP contribution in [0.3, 0.4) is 0 Å². The second-order valence-electron chi connectivity index (χ2n) is 4.28. The second kappa shape index (κ2) is 5.47. The van der Waals surface area contributed by atoms with Gasteiger partial charge in [0.1, 0.15) is 0 Å². The molecule has 1 atom stereocenters. The molecule has 0 amide bonds. The molecular formula is C13H19N3S. The first-order valence-corrected chi connectivity index (χ1v) is 6.92. The highest BCUT2D eigenvalue weighted by molar-refractivity contribution is 7.08. The van der Waals surface area contributed by atoms with Crippen LogP contribution in [0.15, 0.2) is 22.9 Å². The van der Waals surface area contributed by atoms with E-state index in [2.05, 4.69) is 40.2 Å². The van der Waals surface area contributed by atoms with E-state index in [-0.39, 0.29) is 6.04 Å². The number of aromatic nitrogens is 2. The molecule has 2 rings (SSSR count). The molecule has 3 nitrogen and oxygen atoms in total. The fraction of sp³-hybridized carbons (Fsp3) is 0.462. The topological polar surface area (TPSA) is 29.9 Å². The van der Waals surface area contributed by atoms with Crippen molar-refractivity contribution < 1.29 is 0 Å². The van der Waals surface area contributed by atoms with Crippen molar-refractivity contribution in [3.63, 3.8) is 0 Å². The van der Waals surface area contributed by atoms with Gasteiger partial charge >= 0.3 is 0 Å². The van der Waals surface area contributed by atoms with Crippen LogP contribution in [0.2, 0.25) is 0 Å². The zero-order chi connectivity index (χ0) is 12.3. The lowest BCUT2D eigenvalue weighted by Gasteiger charge is -2.17. The second-order valence-corrected chi connectivity index (χ2v) is 5.06. The number of nitrogens with one attached hydrogen (secondary N) is 1. The Morgan fingerprint density at radius 3 is 2.88 bits per heavy atom. The number of thiophene rings is 1. The average Bonchev–Trinajstić information content (AvgIpc) is 2.90. The third-order valence-corrected chi connectivity index (χ3v) is 3.51. The van der Waals surface area contributed by atoms with E-state index in [4.69, 9.17) is 0 Å². The summed E-state index contributed by atoms with van der Waals surface area (Å²) < 4.78 is 1.97. The molecule has 0 spiro atoms. The largest absolute Gasteiger partial charge is 0.305 e. The summed E-state index contributed by atoms with van der Waals surface area (Å²) in [5.41, 5.74) is 3.63. The van der Waals surface area contributed by atoms with Crippen LogP contribution < -0.4 is 5.32 Å². The van der Waals surface area contributed by atoms with Gasteiger partial charge in [0.05, 0.1) is 17.4 Å². The molecule has 0 aliphatic heterocycles. The number of hydrogen-bond donors (Lipinski definition) is 1. The number of aryl methyl sites for hydroxylation is 2. The van der Waals surface area contributed by atoms with E-state index in [1.807, 2.05) is 18.7 Å². The van der Waals surface area contributed by atoms with Crippen LogP contribution in [0.5, 0.6) is 0 Å². The van der Waals surface area contributed by atoms with Crippen molar-refractivity contribution in [1.29, 1.82) is 0 Å². The van der Waals surface area contributed by atoms with E-state index >= 15 is 0 Å². The lowest BCUT2D eigenvalue weighted by atomic mass is 10.1. The van der Waals surface area contributed by atoms with Gasteiger partial charge in [-0.2, -0.15) is 16.4 Å². The normalized spacial score (nSPS) is 12.9. The van der Waals surface area contributed by atoms with Crippen molar-refractivity contribution in [2.45, 2.75) is 26.3 Å². The van der Waals surface area contributed by atoms with Crippen molar-refractivity contribution >= 4 is 11.3 Å². The molecule has 0 saturated heterocycles. The van der Waals surface area contributed by atoms with Crippen molar-refractivity contribution in [2.24, 2.45) is 7.05 Å². The molecule has 2 heterocycles. The average molecular weight is 249 g/mol. The van der Waals surface area contributed by atoms with Crippen LogP contribution in [0, 0.1) is 6.92 Å². The molecule has 0 aliphatic rings. The van der Waals surface area contributed by atoms with Gasteiger partial charge in [-0.1, -0.05) is 6.92 Å². The Morgan fingerprint density at radius 1 is 1.53 bits per heavy atom. The van der Waals surface area contributed by atoms with E-state index in [1.165, 1.54) is 11.3 Å². The molecule has 0 aromatic carbocycles. The van der Waals surface area contributed by atoms with Gasteiger partial charge in [0.25, 0.3) is 0 Å². The maximum atomic E-state index is 4.43. The zero-order valence-electron chi connectivity index (χ0n) is 10.6.